The maximum atomic E-state index is 13.3. The summed E-state index contributed by atoms with van der Waals surface area (Å²) < 4.78 is 26.6. The zero-order chi connectivity index (χ0) is 16.7. The van der Waals surface area contributed by atoms with E-state index in [9.17, 15) is 13.9 Å². The predicted octanol–water partition coefficient (Wildman–Crippen LogP) is 2.86. The third kappa shape index (κ3) is 2.71. The van der Waals surface area contributed by atoms with Gasteiger partial charge >= 0.3 is 0 Å². The summed E-state index contributed by atoms with van der Waals surface area (Å²) in [7, 11) is 0. The van der Waals surface area contributed by atoms with E-state index in [-0.39, 0.29) is 6.10 Å². The van der Waals surface area contributed by atoms with Crippen molar-refractivity contribution in [3.63, 3.8) is 0 Å². The number of aromatic amines is 1. The highest BCUT2D eigenvalue weighted by atomic mass is 19.2. The lowest BCUT2D eigenvalue weighted by molar-refractivity contribution is 0.145. The molecule has 0 saturated carbocycles. The number of benzene rings is 1. The second-order valence-electron chi connectivity index (χ2n) is 5.99. The molecule has 3 aromatic rings. The van der Waals surface area contributed by atoms with E-state index < -0.39 is 11.6 Å². The second-order valence-corrected chi connectivity index (χ2v) is 5.99. The van der Waals surface area contributed by atoms with Gasteiger partial charge in [0, 0.05) is 37.0 Å². The van der Waals surface area contributed by atoms with Crippen LogP contribution in [0.3, 0.4) is 0 Å². The Bertz CT molecular complexity index is 831. The van der Waals surface area contributed by atoms with Crippen molar-refractivity contribution in [3.8, 4) is 11.4 Å². The van der Waals surface area contributed by atoms with E-state index in [2.05, 4.69) is 19.9 Å². The first-order chi connectivity index (χ1) is 11.6. The Labute approximate surface area is 137 Å². The molecule has 1 saturated heterocycles. The SMILES string of the molecule is OC1CCN(c2ccc(-c3nc4cc(F)c(F)cc4[nH]3)cn2)CC1. The third-order valence-electron chi connectivity index (χ3n) is 4.33. The lowest BCUT2D eigenvalue weighted by Gasteiger charge is -2.30. The lowest BCUT2D eigenvalue weighted by Crippen LogP contribution is -2.36. The topological polar surface area (TPSA) is 65.0 Å². The molecule has 5 nitrogen and oxygen atoms in total. The molecule has 7 heteroatoms. The predicted molar refractivity (Wildman–Crippen MR) is 86.7 cm³/mol. The number of hydrogen-bond acceptors (Lipinski definition) is 4. The van der Waals surface area contributed by atoms with Crippen molar-refractivity contribution in [3.05, 3.63) is 42.1 Å². The van der Waals surface area contributed by atoms with Crippen LogP contribution in [0.1, 0.15) is 12.8 Å². The van der Waals surface area contributed by atoms with Gasteiger partial charge in [0.05, 0.1) is 17.1 Å². The zero-order valence-electron chi connectivity index (χ0n) is 12.8. The summed E-state index contributed by atoms with van der Waals surface area (Å²) in [4.78, 5) is 13.8. The van der Waals surface area contributed by atoms with Gasteiger partial charge in [-0.2, -0.15) is 0 Å². The van der Waals surface area contributed by atoms with Crippen LogP contribution >= 0.6 is 0 Å². The number of aliphatic hydroxyl groups excluding tert-OH is 1. The maximum Gasteiger partial charge on any atom is 0.161 e. The first-order valence-electron chi connectivity index (χ1n) is 7.84. The molecular weight excluding hydrogens is 314 g/mol. The average molecular weight is 330 g/mol. The molecule has 0 spiro atoms. The Hall–Kier alpha value is -2.54. The van der Waals surface area contributed by atoms with Gasteiger partial charge in [0.25, 0.3) is 0 Å². The highest BCUT2D eigenvalue weighted by molar-refractivity contribution is 5.79. The van der Waals surface area contributed by atoms with Crippen molar-refractivity contribution >= 4 is 16.9 Å². The molecule has 0 atom stereocenters. The van der Waals surface area contributed by atoms with Gasteiger partial charge in [-0.25, -0.2) is 18.7 Å². The smallest absolute Gasteiger partial charge is 0.161 e. The minimum atomic E-state index is -0.915. The summed E-state index contributed by atoms with van der Waals surface area (Å²) in [6, 6.07) is 5.94. The van der Waals surface area contributed by atoms with Crippen molar-refractivity contribution < 1.29 is 13.9 Å². The number of fused-ring (bicyclic) bond motifs is 1. The summed E-state index contributed by atoms with van der Waals surface area (Å²) in [5.41, 5.74) is 1.56. The van der Waals surface area contributed by atoms with Crippen LogP contribution in [0.25, 0.3) is 22.4 Å². The normalized spacial score (nSPS) is 16.0. The molecule has 1 aliphatic heterocycles. The molecule has 1 fully saturated rings. The fraction of sp³-hybridized carbons (Fsp3) is 0.294. The molecule has 4 rings (SSSR count). The fourth-order valence-corrected chi connectivity index (χ4v) is 2.95. The number of nitrogens with zero attached hydrogens (tertiary/aromatic N) is 3. The largest absolute Gasteiger partial charge is 0.393 e. The summed E-state index contributed by atoms with van der Waals surface area (Å²) >= 11 is 0. The molecule has 3 heterocycles. The number of anilines is 1. The number of imidazole rings is 1. The Morgan fingerprint density at radius 3 is 2.58 bits per heavy atom. The van der Waals surface area contributed by atoms with Gasteiger partial charge < -0.3 is 15.0 Å². The van der Waals surface area contributed by atoms with E-state index in [1.807, 2.05) is 12.1 Å². The zero-order valence-corrected chi connectivity index (χ0v) is 12.8. The molecule has 0 amide bonds. The number of aliphatic hydroxyl groups is 1. The Balaban J connectivity index is 1.60. The summed E-state index contributed by atoms with van der Waals surface area (Å²) in [5, 5.41) is 9.56. The number of nitrogens with one attached hydrogen (secondary N) is 1. The number of pyridine rings is 1. The quantitative estimate of drug-likeness (QED) is 0.758. The van der Waals surface area contributed by atoms with Gasteiger partial charge in [-0.3, -0.25) is 0 Å². The number of rotatable bonds is 2. The summed E-state index contributed by atoms with van der Waals surface area (Å²) in [6.07, 6.45) is 2.94. The van der Waals surface area contributed by atoms with Crippen LogP contribution in [0.4, 0.5) is 14.6 Å². The number of H-pyrrole nitrogens is 1. The van der Waals surface area contributed by atoms with E-state index in [4.69, 9.17) is 0 Å². The van der Waals surface area contributed by atoms with Gasteiger partial charge in [-0.1, -0.05) is 0 Å². The van der Waals surface area contributed by atoms with E-state index in [0.29, 0.717) is 16.9 Å². The maximum absolute atomic E-state index is 13.3. The molecule has 2 N–H and O–H groups in total. The van der Waals surface area contributed by atoms with Crippen molar-refractivity contribution in [1.29, 1.82) is 0 Å². The highest BCUT2D eigenvalue weighted by Gasteiger charge is 2.18. The number of halogens is 2. The molecule has 0 radical (unpaired) electrons. The van der Waals surface area contributed by atoms with E-state index in [1.165, 1.54) is 0 Å². The van der Waals surface area contributed by atoms with Gasteiger partial charge in [-0.15, -0.1) is 0 Å². The lowest BCUT2D eigenvalue weighted by atomic mass is 10.1. The van der Waals surface area contributed by atoms with Crippen molar-refractivity contribution in [2.45, 2.75) is 18.9 Å². The van der Waals surface area contributed by atoms with Crippen LogP contribution in [0.5, 0.6) is 0 Å². The van der Waals surface area contributed by atoms with Crippen molar-refractivity contribution in [1.82, 2.24) is 15.0 Å². The van der Waals surface area contributed by atoms with Crippen LogP contribution in [0.15, 0.2) is 30.5 Å². The van der Waals surface area contributed by atoms with Crippen molar-refractivity contribution in [2.75, 3.05) is 18.0 Å². The molecule has 124 valence electrons. The van der Waals surface area contributed by atoms with Crippen LogP contribution in [0, 0.1) is 11.6 Å². The van der Waals surface area contributed by atoms with Crippen LogP contribution in [0.2, 0.25) is 0 Å². The number of aromatic nitrogens is 3. The van der Waals surface area contributed by atoms with Gasteiger partial charge in [0.15, 0.2) is 11.6 Å². The number of piperidine rings is 1. The van der Waals surface area contributed by atoms with Crippen LogP contribution in [-0.2, 0) is 0 Å². The summed E-state index contributed by atoms with van der Waals surface area (Å²) in [5.74, 6) is -0.457. The Kier molecular flexibility index (Phi) is 3.65. The summed E-state index contributed by atoms with van der Waals surface area (Å²) in [6.45, 7) is 1.55. The Morgan fingerprint density at radius 1 is 1.12 bits per heavy atom. The minimum absolute atomic E-state index is 0.225. The number of hydrogen-bond donors (Lipinski definition) is 2. The van der Waals surface area contributed by atoms with Crippen LogP contribution < -0.4 is 4.90 Å². The first kappa shape index (κ1) is 15.0. The van der Waals surface area contributed by atoms with E-state index >= 15 is 0 Å². The molecule has 0 aliphatic carbocycles. The molecule has 0 bridgehead atoms. The molecule has 24 heavy (non-hydrogen) atoms. The second kappa shape index (κ2) is 5.83. The van der Waals surface area contributed by atoms with Gasteiger partial charge in [0.2, 0.25) is 0 Å². The molecule has 2 aromatic heterocycles. The average Bonchev–Trinajstić information content (AvgIpc) is 2.99. The Morgan fingerprint density at radius 2 is 1.88 bits per heavy atom. The molecule has 0 unspecified atom stereocenters. The van der Waals surface area contributed by atoms with E-state index in [1.54, 1.807) is 6.20 Å². The van der Waals surface area contributed by atoms with Gasteiger partial charge in [-0.05, 0) is 25.0 Å². The molecule has 1 aromatic carbocycles. The van der Waals surface area contributed by atoms with Crippen molar-refractivity contribution in [2.24, 2.45) is 0 Å². The first-order valence-corrected chi connectivity index (χ1v) is 7.84. The van der Waals surface area contributed by atoms with Gasteiger partial charge in [0.1, 0.15) is 11.6 Å². The minimum Gasteiger partial charge on any atom is -0.393 e. The van der Waals surface area contributed by atoms with Crippen LogP contribution in [-0.4, -0.2) is 39.3 Å². The third-order valence-corrected chi connectivity index (χ3v) is 4.33. The molecule has 1 aliphatic rings. The van der Waals surface area contributed by atoms with E-state index in [0.717, 1.165) is 49.4 Å². The monoisotopic (exact) mass is 330 g/mol. The molecular formula is C17H16F2N4O. The highest BCUT2D eigenvalue weighted by Crippen LogP contribution is 2.24. The standard InChI is InChI=1S/C17H16F2N4O/c18-12-7-14-15(8-13(12)19)22-17(21-14)10-1-2-16(20-9-10)23-5-3-11(24)4-6-23/h1-2,7-9,11,24H,3-6H2,(H,21,22). The fourth-order valence-electron chi connectivity index (χ4n) is 2.95.